The van der Waals surface area contributed by atoms with Crippen molar-refractivity contribution in [2.45, 2.75) is 95.2 Å². The van der Waals surface area contributed by atoms with Gasteiger partial charge >= 0.3 is 0 Å². The zero-order valence-electron chi connectivity index (χ0n) is 17.5. The Balaban J connectivity index is 2.09. The minimum Gasteiger partial charge on any atom is -0.396 e. The van der Waals surface area contributed by atoms with E-state index in [-0.39, 0.29) is 17.9 Å². The number of sulfone groups is 1. The van der Waals surface area contributed by atoms with Gasteiger partial charge in [0.1, 0.15) is 0 Å². The number of aryl methyl sites for hydroxylation is 1. The maximum absolute atomic E-state index is 13.2. The lowest BCUT2D eigenvalue weighted by Crippen LogP contribution is -2.32. The molecule has 1 aromatic rings. The predicted octanol–water partition coefficient (Wildman–Crippen LogP) is 4.53. The topological polar surface area (TPSA) is 66.4 Å². The average molecular weight is 396 g/mol. The smallest absolute Gasteiger partial charge is 0.183 e. The van der Waals surface area contributed by atoms with Crippen molar-refractivity contribution in [3.63, 3.8) is 0 Å². The van der Waals surface area contributed by atoms with E-state index in [0.717, 1.165) is 61.8 Å². The molecular weight excluding hydrogens is 358 g/mol. The van der Waals surface area contributed by atoms with Crippen molar-refractivity contribution >= 4 is 9.84 Å². The Morgan fingerprint density at radius 1 is 1.00 bits per heavy atom. The van der Waals surface area contributed by atoms with Crippen LogP contribution in [0.5, 0.6) is 0 Å². The first-order valence-corrected chi connectivity index (χ1v) is 12.1. The van der Waals surface area contributed by atoms with E-state index in [2.05, 4.69) is 25.2 Å². The summed E-state index contributed by atoms with van der Waals surface area (Å²) in [5.41, 5.74) is 4.18. The Bertz CT molecular complexity index is 728. The normalized spacial score (nSPS) is 20.8. The van der Waals surface area contributed by atoms with Gasteiger partial charge in [-0.25, -0.2) is 8.42 Å². The molecular formula is C22H37NO3S. The van der Waals surface area contributed by atoms with E-state index in [1.807, 2.05) is 13.8 Å². The Hall–Kier alpha value is -0.910. The molecule has 2 rings (SSSR count). The van der Waals surface area contributed by atoms with E-state index in [4.69, 9.17) is 5.11 Å². The molecule has 0 radical (unpaired) electrons. The fourth-order valence-corrected chi connectivity index (χ4v) is 6.82. The summed E-state index contributed by atoms with van der Waals surface area (Å²) in [6.07, 6.45) is 8.11. The van der Waals surface area contributed by atoms with Gasteiger partial charge in [-0.3, -0.25) is 0 Å². The van der Waals surface area contributed by atoms with Gasteiger partial charge in [-0.2, -0.15) is 0 Å². The molecule has 1 aromatic carbocycles. The van der Waals surface area contributed by atoms with Crippen molar-refractivity contribution in [3.05, 3.63) is 28.3 Å². The van der Waals surface area contributed by atoms with Crippen molar-refractivity contribution < 1.29 is 13.5 Å². The van der Waals surface area contributed by atoms with Crippen LogP contribution < -0.4 is 5.32 Å². The Kier molecular flexibility index (Phi) is 8.32. The van der Waals surface area contributed by atoms with Gasteiger partial charge < -0.3 is 10.4 Å². The van der Waals surface area contributed by atoms with Crippen LogP contribution in [-0.2, 0) is 9.84 Å². The first-order valence-electron chi connectivity index (χ1n) is 10.5. The Morgan fingerprint density at radius 2 is 1.63 bits per heavy atom. The zero-order valence-corrected chi connectivity index (χ0v) is 18.3. The second kappa shape index (κ2) is 10.0. The number of hydrogen-bond donors (Lipinski definition) is 2. The van der Waals surface area contributed by atoms with Crippen LogP contribution in [0.1, 0.15) is 86.6 Å². The summed E-state index contributed by atoms with van der Waals surface area (Å²) in [6, 6.07) is 2.01. The molecule has 0 aromatic heterocycles. The molecule has 1 heterocycles. The highest BCUT2D eigenvalue weighted by Gasteiger charge is 2.45. The number of nitrogens with one attached hydrogen (secondary N) is 1. The fraction of sp³-hybridized carbons (Fsp3) is 0.727. The third-order valence-corrected chi connectivity index (χ3v) is 8.46. The number of aliphatic hydroxyl groups is 1. The Morgan fingerprint density at radius 3 is 2.26 bits per heavy atom. The van der Waals surface area contributed by atoms with E-state index >= 15 is 0 Å². The number of fused-ring (bicyclic) bond motifs is 1. The summed E-state index contributed by atoms with van der Waals surface area (Å²) in [5, 5.41) is 12.1. The highest BCUT2D eigenvalue weighted by molar-refractivity contribution is 7.92. The molecule has 4 nitrogen and oxygen atoms in total. The van der Waals surface area contributed by atoms with Crippen LogP contribution in [0.3, 0.4) is 0 Å². The van der Waals surface area contributed by atoms with Crippen molar-refractivity contribution in [3.8, 4) is 0 Å². The van der Waals surface area contributed by atoms with E-state index in [1.165, 1.54) is 12.0 Å². The van der Waals surface area contributed by atoms with E-state index < -0.39 is 9.84 Å². The summed E-state index contributed by atoms with van der Waals surface area (Å²) in [5.74, 6) is 0. The average Bonchev–Trinajstić information content (AvgIpc) is 2.82. The van der Waals surface area contributed by atoms with Crippen molar-refractivity contribution in [2.75, 3.05) is 13.2 Å². The van der Waals surface area contributed by atoms with Gasteiger partial charge in [0.25, 0.3) is 0 Å². The van der Waals surface area contributed by atoms with Crippen LogP contribution in [0, 0.1) is 20.8 Å². The first-order chi connectivity index (χ1) is 12.9. The van der Waals surface area contributed by atoms with Gasteiger partial charge in [0, 0.05) is 6.61 Å². The molecule has 5 heteroatoms. The molecule has 0 fully saturated rings. The number of rotatable bonds is 11. The standard InChI is InChI=1S/C22H37NO3S/c1-5-12-20-21(23-13-10-8-6-7-9-11-14-24)19-15-16(2)17(3)18(4)22(19)27(20,25)26/h15,20-21,23-24H,5-14H2,1-4H3. The van der Waals surface area contributed by atoms with Crippen LogP contribution in [-0.4, -0.2) is 31.9 Å². The van der Waals surface area contributed by atoms with Crippen LogP contribution in [0.15, 0.2) is 11.0 Å². The fourth-order valence-electron chi connectivity index (χ4n) is 4.28. The number of hydrogen-bond acceptors (Lipinski definition) is 4. The van der Waals surface area contributed by atoms with Gasteiger partial charge in [0.05, 0.1) is 16.2 Å². The lowest BCUT2D eigenvalue weighted by Gasteiger charge is -2.20. The molecule has 154 valence electrons. The van der Waals surface area contributed by atoms with Gasteiger partial charge in [-0.15, -0.1) is 0 Å². The minimum atomic E-state index is -3.27. The molecule has 2 unspecified atom stereocenters. The van der Waals surface area contributed by atoms with E-state index in [1.54, 1.807) is 0 Å². The second-order valence-corrected chi connectivity index (χ2v) is 10.1. The first kappa shape index (κ1) is 22.4. The van der Waals surface area contributed by atoms with E-state index in [9.17, 15) is 8.42 Å². The molecule has 1 aliphatic rings. The van der Waals surface area contributed by atoms with Crippen molar-refractivity contribution in [1.82, 2.24) is 5.32 Å². The van der Waals surface area contributed by atoms with Crippen molar-refractivity contribution in [1.29, 1.82) is 0 Å². The van der Waals surface area contributed by atoms with Gasteiger partial charge in [-0.05, 0) is 68.8 Å². The molecule has 0 saturated carbocycles. The molecule has 27 heavy (non-hydrogen) atoms. The maximum atomic E-state index is 13.2. The largest absolute Gasteiger partial charge is 0.396 e. The monoisotopic (exact) mass is 395 g/mol. The molecule has 1 aliphatic heterocycles. The number of aliphatic hydroxyl groups excluding tert-OH is 1. The molecule has 0 bridgehead atoms. The van der Waals surface area contributed by atoms with Crippen LogP contribution >= 0.6 is 0 Å². The summed E-state index contributed by atoms with van der Waals surface area (Å²) >= 11 is 0. The lowest BCUT2D eigenvalue weighted by molar-refractivity contribution is 0.282. The molecule has 0 amide bonds. The molecule has 0 spiro atoms. The second-order valence-electron chi connectivity index (χ2n) is 8.01. The Labute approximate surface area is 165 Å². The van der Waals surface area contributed by atoms with Crippen LogP contribution in [0.25, 0.3) is 0 Å². The van der Waals surface area contributed by atoms with Crippen LogP contribution in [0.2, 0.25) is 0 Å². The summed E-state index contributed by atoms with van der Waals surface area (Å²) in [6.45, 7) is 9.25. The zero-order chi connectivity index (χ0) is 20.0. The van der Waals surface area contributed by atoms with Crippen LogP contribution in [0.4, 0.5) is 0 Å². The third-order valence-electron chi connectivity index (χ3n) is 6.04. The maximum Gasteiger partial charge on any atom is 0.183 e. The van der Waals surface area contributed by atoms with Gasteiger partial charge in [0.2, 0.25) is 0 Å². The molecule has 0 saturated heterocycles. The molecule has 0 aliphatic carbocycles. The van der Waals surface area contributed by atoms with Gasteiger partial charge in [-0.1, -0.05) is 45.1 Å². The van der Waals surface area contributed by atoms with E-state index in [0.29, 0.717) is 11.3 Å². The SMILES string of the molecule is CCCC1C(NCCCCCCCCO)c2cc(C)c(C)c(C)c2S1(=O)=O. The highest BCUT2D eigenvalue weighted by atomic mass is 32.2. The molecule has 2 N–H and O–H groups in total. The summed E-state index contributed by atoms with van der Waals surface area (Å²) < 4.78 is 26.5. The number of benzene rings is 1. The third kappa shape index (κ3) is 4.93. The van der Waals surface area contributed by atoms with Crippen molar-refractivity contribution in [2.24, 2.45) is 0 Å². The van der Waals surface area contributed by atoms with Gasteiger partial charge in [0.15, 0.2) is 9.84 Å². The molecule has 2 atom stereocenters. The summed E-state index contributed by atoms with van der Waals surface area (Å²) in [4.78, 5) is 0.588. The summed E-state index contributed by atoms with van der Waals surface area (Å²) in [7, 11) is -3.27. The lowest BCUT2D eigenvalue weighted by atomic mass is 9.94. The predicted molar refractivity (Wildman–Crippen MR) is 112 cm³/mol. The quantitative estimate of drug-likeness (QED) is 0.540. The highest BCUT2D eigenvalue weighted by Crippen LogP contribution is 2.44. The minimum absolute atomic E-state index is 0.0858. The number of unbranched alkanes of at least 4 members (excludes halogenated alkanes) is 5.